The van der Waals surface area contributed by atoms with Crippen molar-refractivity contribution in [3.8, 4) is 0 Å². The van der Waals surface area contributed by atoms with Crippen LogP contribution in [-0.2, 0) is 9.59 Å². The number of carbonyl (C=O) groups excluding carboxylic acids is 2. The standard InChI is InChI=1S/C21H23N3O2S/c1-13-6-5-7-16(11-13)22-21-24(4)20(26)18(27-21)12-19(25)23-17-9-8-14(2)10-15(17)3/h5-11,18H,12H2,1-4H3,(H,23,25). The summed E-state index contributed by atoms with van der Waals surface area (Å²) in [4.78, 5) is 31.0. The zero-order valence-electron chi connectivity index (χ0n) is 15.9. The van der Waals surface area contributed by atoms with E-state index in [1.807, 2.05) is 63.2 Å². The van der Waals surface area contributed by atoms with Crippen molar-refractivity contribution in [3.63, 3.8) is 0 Å². The summed E-state index contributed by atoms with van der Waals surface area (Å²) in [6.07, 6.45) is 0.119. The van der Waals surface area contributed by atoms with E-state index in [2.05, 4.69) is 10.3 Å². The molecule has 1 unspecified atom stereocenters. The number of thioether (sulfide) groups is 1. The van der Waals surface area contributed by atoms with Crippen LogP contribution in [0.4, 0.5) is 11.4 Å². The summed E-state index contributed by atoms with van der Waals surface area (Å²) in [7, 11) is 1.70. The predicted molar refractivity (Wildman–Crippen MR) is 112 cm³/mol. The molecular weight excluding hydrogens is 358 g/mol. The zero-order valence-corrected chi connectivity index (χ0v) is 16.8. The first-order valence-corrected chi connectivity index (χ1v) is 9.68. The van der Waals surface area contributed by atoms with Gasteiger partial charge in [0.1, 0.15) is 5.25 Å². The van der Waals surface area contributed by atoms with Gasteiger partial charge >= 0.3 is 0 Å². The summed E-state index contributed by atoms with van der Waals surface area (Å²) in [6.45, 7) is 5.97. The van der Waals surface area contributed by atoms with Crippen LogP contribution in [0, 0.1) is 20.8 Å². The molecule has 0 aromatic heterocycles. The first kappa shape index (κ1) is 19.2. The van der Waals surface area contributed by atoms with Gasteiger partial charge in [-0.15, -0.1) is 0 Å². The van der Waals surface area contributed by atoms with Gasteiger partial charge in [0.2, 0.25) is 11.8 Å². The smallest absolute Gasteiger partial charge is 0.242 e. The first-order valence-electron chi connectivity index (χ1n) is 8.80. The van der Waals surface area contributed by atoms with Crippen molar-refractivity contribution in [2.45, 2.75) is 32.4 Å². The van der Waals surface area contributed by atoms with Gasteiger partial charge in [-0.2, -0.15) is 0 Å². The SMILES string of the molecule is Cc1cccc(N=C2SC(CC(=O)Nc3ccc(C)cc3C)C(=O)N2C)c1. The molecule has 0 spiro atoms. The number of rotatable bonds is 4. The third-order valence-corrected chi connectivity index (χ3v) is 5.62. The summed E-state index contributed by atoms with van der Waals surface area (Å²) in [6, 6.07) is 13.7. The number of hydrogen-bond donors (Lipinski definition) is 1. The van der Waals surface area contributed by atoms with Crippen LogP contribution in [0.1, 0.15) is 23.1 Å². The number of anilines is 1. The molecule has 0 bridgehead atoms. The number of carbonyl (C=O) groups is 2. The Kier molecular flexibility index (Phi) is 5.65. The van der Waals surface area contributed by atoms with Gasteiger partial charge < -0.3 is 5.32 Å². The number of amidine groups is 1. The van der Waals surface area contributed by atoms with Gasteiger partial charge in [-0.3, -0.25) is 14.5 Å². The molecule has 2 aromatic carbocycles. The highest BCUT2D eigenvalue weighted by Crippen LogP contribution is 2.31. The number of amides is 2. The van der Waals surface area contributed by atoms with Crippen molar-refractivity contribution >= 4 is 40.1 Å². The highest BCUT2D eigenvalue weighted by atomic mass is 32.2. The summed E-state index contributed by atoms with van der Waals surface area (Å²) in [5, 5.41) is 3.07. The van der Waals surface area contributed by atoms with Crippen LogP contribution < -0.4 is 5.32 Å². The van der Waals surface area contributed by atoms with E-state index in [0.717, 1.165) is 28.1 Å². The zero-order chi connectivity index (χ0) is 19.6. The van der Waals surface area contributed by atoms with Gasteiger partial charge in [0.15, 0.2) is 5.17 Å². The van der Waals surface area contributed by atoms with E-state index in [9.17, 15) is 9.59 Å². The summed E-state index contributed by atoms with van der Waals surface area (Å²) in [5.41, 5.74) is 4.84. The maximum absolute atomic E-state index is 12.5. The van der Waals surface area contributed by atoms with Crippen molar-refractivity contribution in [2.24, 2.45) is 4.99 Å². The lowest BCUT2D eigenvalue weighted by Gasteiger charge is -2.11. The Balaban J connectivity index is 1.68. The lowest BCUT2D eigenvalue weighted by molar-refractivity contribution is -0.127. The predicted octanol–water partition coefficient (Wildman–Crippen LogP) is 4.20. The minimum Gasteiger partial charge on any atom is -0.326 e. The first-order chi connectivity index (χ1) is 12.8. The number of aliphatic imine (C=N–C) groups is 1. The van der Waals surface area contributed by atoms with Crippen molar-refractivity contribution in [3.05, 3.63) is 59.2 Å². The minimum absolute atomic E-state index is 0.0952. The number of hydrogen-bond acceptors (Lipinski definition) is 4. The Morgan fingerprint density at radius 2 is 1.89 bits per heavy atom. The van der Waals surface area contributed by atoms with E-state index in [0.29, 0.717) is 5.17 Å². The van der Waals surface area contributed by atoms with Gasteiger partial charge in [0.25, 0.3) is 0 Å². The molecule has 2 aromatic rings. The normalized spacial score (nSPS) is 18.2. The highest BCUT2D eigenvalue weighted by Gasteiger charge is 2.37. The summed E-state index contributed by atoms with van der Waals surface area (Å²) >= 11 is 1.34. The second-order valence-corrected chi connectivity index (χ2v) is 7.98. The third kappa shape index (κ3) is 4.57. The fourth-order valence-corrected chi connectivity index (χ4v) is 4.08. The van der Waals surface area contributed by atoms with E-state index in [1.54, 1.807) is 7.05 Å². The molecular formula is C21H23N3O2S. The molecule has 1 atom stereocenters. The van der Waals surface area contributed by atoms with Crippen LogP contribution in [0.15, 0.2) is 47.5 Å². The van der Waals surface area contributed by atoms with Crippen LogP contribution in [0.3, 0.4) is 0 Å². The fourth-order valence-electron chi connectivity index (χ4n) is 2.93. The quantitative estimate of drug-likeness (QED) is 0.863. The molecule has 1 N–H and O–H groups in total. The molecule has 1 heterocycles. The van der Waals surface area contributed by atoms with E-state index >= 15 is 0 Å². The minimum atomic E-state index is -0.454. The average Bonchev–Trinajstić information content (AvgIpc) is 2.85. The van der Waals surface area contributed by atoms with Crippen molar-refractivity contribution < 1.29 is 9.59 Å². The Hall–Kier alpha value is -2.60. The largest absolute Gasteiger partial charge is 0.326 e. The van der Waals surface area contributed by atoms with E-state index < -0.39 is 5.25 Å². The maximum atomic E-state index is 12.5. The van der Waals surface area contributed by atoms with Gasteiger partial charge in [-0.25, -0.2) is 4.99 Å². The van der Waals surface area contributed by atoms with E-state index in [4.69, 9.17) is 0 Å². The fraction of sp³-hybridized carbons (Fsp3) is 0.286. The monoisotopic (exact) mass is 381 g/mol. The number of benzene rings is 2. The van der Waals surface area contributed by atoms with E-state index in [-0.39, 0.29) is 18.2 Å². The molecule has 0 radical (unpaired) electrons. The molecule has 27 heavy (non-hydrogen) atoms. The lowest BCUT2D eigenvalue weighted by Crippen LogP contribution is -2.30. The van der Waals surface area contributed by atoms with E-state index in [1.165, 1.54) is 16.7 Å². The second kappa shape index (κ2) is 7.96. The Morgan fingerprint density at radius 3 is 2.59 bits per heavy atom. The molecule has 1 aliphatic rings. The number of aryl methyl sites for hydroxylation is 3. The molecule has 5 nitrogen and oxygen atoms in total. The van der Waals surface area contributed by atoms with Crippen molar-refractivity contribution in [2.75, 3.05) is 12.4 Å². The van der Waals surface area contributed by atoms with Crippen LogP contribution in [0.2, 0.25) is 0 Å². The topological polar surface area (TPSA) is 61.8 Å². The molecule has 2 amide bonds. The maximum Gasteiger partial charge on any atom is 0.242 e. The second-order valence-electron chi connectivity index (χ2n) is 6.81. The molecule has 0 aliphatic carbocycles. The molecule has 3 rings (SSSR count). The van der Waals surface area contributed by atoms with Crippen LogP contribution >= 0.6 is 11.8 Å². The van der Waals surface area contributed by atoms with Gasteiger partial charge in [-0.1, -0.05) is 41.6 Å². The molecule has 6 heteroatoms. The van der Waals surface area contributed by atoms with Crippen molar-refractivity contribution in [1.82, 2.24) is 4.90 Å². The van der Waals surface area contributed by atoms with Gasteiger partial charge in [0.05, 0.1) is 5.69 Å². The van der Waals surface area contributed by atoms with Crippen LogP contribution in [0.25, 0.3) is 0 Å². The highest BCUT2D eigenvalue weighted by molar-refractivity contribution is 8.15. The van der Waals surface area contributed by atoms with Crippen LogP contribution in [0.5, 0.6) is 0 Å². The number of nitrogens with zero attached hydrogens (tertiary/aromatic N) is 2. The molecule has 140 valence electrons. The molecule has 1 aliphatic heterocycles. The lowest BCUT2D eigenvalue weighted by atomic mass is 10.1. The summed E-state index contributed by atoms with van der Waals surface area (Å²) in [5.74, 6) is -0.264. The average molecular weight is 382 g/mol. The molecule has 1 fully saturated rings. The van der Waals surface area contributed by atoms with Gasteiger partial charge in [0, 0.05) is 19.2 Å². The van der Waals surface area contributed by atoms with Gasteiger partial charge in [-0.05, 0) is 50.1 Å². The third-order valence-electron chi connectivity index (χ3n) is 4.39. The molecule has 1 saturated heterocycles. The van der Waals surface area contributed by atoms with Crippen LogP contribution in [-0.4, -0.2) is 34.2 Å². The summed E-state index contributed by atoms with van der Waals surface area (Å²) < 4.78 is 0. The Morgan fingerprint density at radius 1 is 1.15 bits per heavy atom. The Labute approximate surface area is 163 Å². The number of nitrogens with one attached hydrogen (secondary N) is 1. The van der Waals surface area contributed by atoms with Crippen molar-refractivity contribution in [1.29, 1.82) is 0 Å². The molecule has 0 saturated carbocycles. The Bertz CT molecular complexity index is 923.